The van der Waals surface area contributed by atoms with Crippen LogP contribution in [0.2, 0.25) is 5.02 Å². The molecule has 7 heteroatoms. The zero-order chi connectivity index (χ0) is 14.1. The molecule has 20 heavy (non-hydrogen) atoms. The summed E-state index contributed by atoms with van der Waals surface area (Å²) >= 11 is 10.4. The summed E-state index contributed by atoms with van der Waals surface area (Å²) in [5.41, 5.74) is 2.56. The zero-order valence-corrected chi connectivity index (χ0v) is 13.1. The number of benzene rings is 2. The second-order valence-corrected chi connectivity index (χ2v) is 5.93. The third kappa shape index (κ3) is 2.67. The number of hydrogen-bond donors (Lipinski definition) is 1. The van der Waals surface area contributed by atoms with Crippen molar-refractivity contribution < 1.29 is 4.79 Å². The van der Waals surface area contributed by atoms with E-state index in [1.54, 1.807) is 24.3 Å². The molecule has 100 valence electrons. The lowest BCUT2D eigenvalue weighted by Crippen LogP contribution is -2.11. The third-order valence-corrected chi connectivity index (χ3v) is 3.88. The van der Waals surface area contributed by atoms with Crippen molar-refractivity contribution >= 4 is 61.9 Å². The van der Waals surface area contributed by atoms with Crippen molar-refractivity contribution in [1.82, 2.24) is 0 Å². The lowest BCUT2D eigenvalue weighted by atomic mass is 10.2. The molecule has 1 N–H and O–H groups in total. The number of fused-ring (bicyclic) bond motifs is 1. The summed E-state index contributed by atoms with van der Waals surface area (Å²) in [5, 5.41) is 3.33. The van der Waals surface area contributed by atoms with Gasteiger partial charge in [0.05, 0.1) is 17.0 Å². The highest BCUT2D eigenvalue weighted by Crippen LogP contribution is 2.38. The van der Waals surface area contributed by atoms with Crippen LogP contribution in [0.4, 0.5) is 17.1 Å². The highest BCUT2D eigenvalue weighted by molar-refractivity contribution is 9.10. The summed E-state index contributed by atoms with van der Waals surface area (Å²) in [6.45, 7) is 0. The number of nitrogens with zero attached hydrogens (tertiary/aromatic N) is 2. The fourth-order valence-corrected chi connectivity index (χ4v) is 3.20. The second kappa shape index (κ2) is 5.47. The predicted octanol–water partition coefficient (Wildman–Crippen LogP) is 5.08. The monoisotopic (exact) mass is 367 g/mol. The summed E-state index contributed by atoms with van der Waals surface area (Å²) in [6.07, 6.45) is 0. The topological polar surface area (TPSA) is 53.8 Å². The maximum atomic E-state index is 12.2. The molecule has 0 saturated heterocycles. The van der Waals surface area contributed by atoms with E-state index in [4.69, 9.17) is 11.6 Å². The molecule has 0 saturated carbocycles. The van der Waals surface area contributed by atoms with Crippen LogP contribution in [0.1, 0.15) is 10.4 Å². The van der Waals surface area contributed by atoms with E-state index in [2.05, 4.69) is 30.0 Å². The van der Waals surface area contributed by atoms with Crippen LogP contribution in [0.5, 0.6) is 0 Å². The van der Waals surface area contributed by atoms with Crippen LogP contribution in [0.15, 0.2) is 49.6 Å². The minimum absolute atomic E-state index is 0.242. The summed E-state index contributed by atoms with van der Waals surface area (Å²) < 4.78 is 9.07. The summed E-state index contributed by atoms with van der Waals surface area (Å²) in [7, 11) is 0. The number of carbonyl (C=O) groups excluding carboxylic acids is 1. The Hall–Kier alpha value is -1.50. The first kappa shape index (κ1) is 13.5. The fourth-order valence-electron chi connectivity index (χ4n) is 1.79. The van der Waals surface area contributed by atoms with Crippen molar-refractivity contribution in [3.05, 3.63) is 51.5 Å². The minimum Gasteiger partial charge on any atom is -0.320 e. The van der Waals surface area contributed by atoms with Gasteiger partial charge < -0.3 is 5.32 Å². The number of halogens is 2. The van der Waals surface area contributed by atoms with Crippen molar-refractivity contribution in [1.29, 1.82) is 0 Å². The van der Waals surface area contributed by atoms with E-state index >= 15 is 0 Å². The maximum Gasteiger partial charge on any atom is 0.255 e. The Balaban J connectivity index is 1.90. The Labute approximate surface area is 132 Å². The number of anilines is 1. The zero-order valence-electron chi connectivity index (χ0n) is 9.93. The number of rotatable bonds is 2. The molecule has 0 spiro atoms. The number of carbonyl (C=O) groups is 1. The lowest BCUT2D eigenvalue weighted by Gasteiger charge is -2.08. The summed E-state index contributed by atoms with van der Waals surface area (Å²) in [5.74, 6) is -0.242. The smallest absolute Gasteiger partial charge is 0.255 e. The summed E-state index contributed by atoms with van der Waals surface area (Å²) in [6, 6.07) is 10.5. The molecule has 1 amide bonds. The summed E-state index contributed by atoms with van der Waals surface area (Å²) in [4.78, 5) is 12.2. The molecule has 0 atom stereocenters. The average Bonchev–Trinajstić information content (AvgIpc) is 2.87. The van der Waals surface area contributed by atoms with Crippen molar-refractivity contribution in [2.75, 3.05) is 5.32 Å². The van der Waals surface area contributed by atoms with Gasteiger partial charge in [-0.05, 0) is 30.3 Å². The van der Waals surface area contributed by atoms with E-state index in [-0.39, 0.29) is 5.91 Å². The normalized spacial score (nSPS) is 11.9. The van der Waals surface area contributed by atoms with Gasteiger partial charge in [0, 0.05) is 15.1 Å². The molecule has 0 aromatic heterocycles. The van der Waals surface area contributed by atoms with Gasteiger partial charge >= 0.3 is 0 Å². The predicted molar refractivity (Wildman–Crippen MR) is 85.1 cm³/mol. The second-order valence-electron chi connectivity index (χ2n) is 4.05. The number of hydrogen-bond acceptors (Lipinski definition) is 3. The van der Waals surface area contributed by atoms with Crippen LogP contribution in [-0.2, 0) is 11.4 Å². The van der Waals surface area contributed by atoms with Gasteiger partial charge in [0.2, 0.25) is 0 Å². The molecule has 0 aliphatic carbocycles. The molecule has 1 aliphatic heterocycles. The van der Waals surface area contributed by atoms with Crippen molar-refractivity contribution in [3.8, 4) is 0 Å². The van der Waals surface area contributed by atoms with Gasteiger partial charge in [-0.25, -0.2) is 0 Å². The van der Waals surface area contributed by atoms with Crippen LogP contribution in [0.3, 0.4) is 0 Å². The SMILES string of the molecule is O=C(Nc1cccc2c1N=S=N2)c1cc(Cl)cc(Br)c1. The standard InChI is InChI=1S/C13H7BrClN3OS/c14-8-4-7(5-9(15)6-8)13(19)16-10-2-1-3-11-12(10)18-20-17-11/h1-6H,(H,16,19). The molecule has 2 aromatic carbocycles. The van der Waals surface area contributed by atoms with Gasteiger partial charge in [0.1, 0.15) is 11.4 Å². The molecule has 1 heterocycles. The Bertz CT molecular complexity index is 767. The Morgan fingerprint density at radius 1 is 1.25 bits per heavy atom. The molecule has 4 nitrogen and oxygen atoms in total. The van der Waals surface area contributed by atoms with Gasteiger partial charge in [-0.1, -0.05) is 33.6 Å². The molecular formula is C13H7BrClN3OS. The van der Waals surface area contributed by atoms with Gasteiger partial charge in [0.25, 0.3) is 5.91 Å². The van der Waals surface area contributed by atoms with E-state index in [1.807, 2.05) is 12.1 Å². The van der Waals surface area contributed by atoms with Crippen LogP contribution < -0.4 is 5.32 Å². The first-order valence-electron chi connectivity index (χ1n) is 5.62. The van der Waals surface area contributed by atoms with Crippen molar-refractivity contribution in [3.63, 3.8) is 0 Å². The average molecular weight is 369 g/mol. The number of nitrogens with one attached hydrogen (secondary N) is 1. The Morgan fingerprint density at radius 3 is 2.90 bits per heavy atom. The molecule has 0 radical (unpaired) electrons. The van der Waals surface area contributed by atoms with Crippen LogP contribution >= 0.6 is 27.5 Å². The van der Waals surface area contributed by atoms with Crippen molar-refractivity contribution in [2.24, 2.45) is 8.73 Å². The fraction of sp³-hybridized carbons (Fsp3) is 0. The third-order valence-electron chi connectivity index (χ3n) is 2.66. The van der Waals surface area contributed by atoms with E-state index in [9.17, 15) is 4.79 Å². The Kier molecular flexibility index (Phi) is 3.69. The van der Waals surface area contributed by atoms with E-state index in [1.165, 1.54) is 0 Å². The molecule has 0 fully saturated rings. The van der Waals surface area contributed by atoms with Crippen LogP contribution in [-0.4, -0.2) is 5.91 Å². The highest BCUT2D eigenvalue weighted by Gasteiger charge is 2.14. The number of amides is 1. The Morgan fingerprint density at radius 2 is 2.10 bits per heavy atom. The van der Waals surface area contributed by atoms with Gasteiger partial charge in [-0.2, -0.15) is 8.73 Å². The first-order valence-corrected chi connectivity index (χ1v) is 7.52. The lowest BCUT2D eigenvalue weighted by molar-refractivity contribution is 0.102. The molecule has 0 unspecified atom stereocenters. The van der Waals surface area contributed by atoms with Crippen molar-refractivity contribution in [2.45, 2.75) is 0 Å². The molecule has 2 aromatic rings. The van der Waals surface area contributed by atoms with E-state index < -0.39 is 0 Å². The van der Waals surface area contributed by atoms with Gasteiger partial charge in [-0.15, -0.1) is 0 Å². The maximum absolute atomic E-state index is 12.2. The highest BCUT2D eigenvalue weighted by atomic mass is 79.9. The van der Waals surface area contributed by atoms with Crippen LogP contribution in [0, 0.1) is 0 Å². The minimum atomic E-state index is -0.242. The van der Waals surface area contributed by atoms with Gasteiger partial charge in [0.15, 0.2) is 0 Å². The van der Waals surface area contributed by atoms with Crippen LogP contribution in [0.25, 0.3) is 0 Å². The molecular weight excluding hydrogens is 362 g/mol. The van der Waals surface area contributed by atoms with E-state index in [0.717, 1.165) is 21.5 Å². The van der Waals surface area contributed by atoms with E-state index in [0.29, 0.717) is 22.0 Å². The first-order chi connectivity index (χ1) is 9.63. The molecule has 1 aliphatic rings. The molecule has 3 rings (SSSR count). The van der Waals surface area contributed by atoms with Gasteiger partial charge in [-0.3, -0.25) is 4.79 Å². The quantitative estimate of drug-likeness (QED) is 0.673. The molecule has 0 bridgehead atoms. The largest absolute Gasteiger partial charge is 0.320 e.